The Labute approximate surface area is 111 Å². The number of aliphatic hydroxyl groups is 2. The molecular weight excluding hydrogens is 232 g/mol. The van der Waals surface area contributed by atoms with Crippen LogP contribution in [0.4, 0.5) is 0 Å². The Morgan fingerprint density at radius 1 is 0.778 bits per heavy atom. The fourth-order valence-electron chi connectivity index (χ4n) is 0.826. The predicted molar refractivity (Wildman–Crippen MR) is 74.7 cm³/mol. The topological polar surface area (TPSA) is 58.9 Å². The first kappa shape index (κ1) is 19.7. The van der Waals surface area contributed by atoms with E-state index in [2.05, 4.69) is 17.9 Å². The minimum Gasteiger partial charge on any atom is -0.394 e. The van der Waals surface area contributed by atoms with Gasteiger partial charge in [-0.15, -0.1) is 13.2 Å². The summed E-state index contributed by atoms with van der Waals surface area (Å²) in [6.07, 6.45) is 1.94. The minimum absolute atomic E-state index is 0.0278. The molecule has 108 valence electrons. The van der Waals surface area contributed by atoms with E-state index in [1.54, 1.807) is 0 Å². The van der Waals surface area contributed by atoms with Gasteiger partial charge in [-0.2, -0.15) is 0 Å². The monoisotopic (exact) mass is 260 g/mol. The molecule has 0 bridgehead atoms. The Balaban J connectivity index is 0. The highest BCUT2D eigenvalue weighted by Crippen LogP contribution is 1.98. The molecule has 4 nitrogen and oxygen atoms in total. The van der Waals surface area contributed by atoms with Crippen LogP contribution in [0, 0.1) is 0 Å². The summed E-state index contributed by atoms with van der Waals surface area (Å²) in [7, 11) is 0. The minimum atomic E-state index is 0.0278. The van der Waals surface area contributed by atoms with Crippen molar-refractivity contribution in [3.63, 3.8) is 0 Å². The van der Waals surface area contributed by atoms with E-state index >= 15 is 0 Å². The van der Waals surface area contributed by atoms with Gasteiger partial charge in [0.15, 0.2) is 0 Å². The maximum absolute atomic E-state index is 8.09. The Bertz CT molecular complexity index is 182. The molecule has 0 atom stereocenters. The fraction of sp³-hybridized carbons (Fsp3) is 0.714. The van der Waals surface area contributed by atoms with E-state index in [-0.39, 0.29) is 13.2 Å². The average Bonchev–Trinajstić information content (AvgIpc) is 2.29. The molecule has 0 aliphatic carbocycles. The molecule has 0 saturated carbocycles. The molecule has 2 N–H and O–H groups in total. The van der Waals surface area contributed by atoms with E-state index in [1.165, 1.54) is 11.1 Å². The van der Waals surface area contributed by atoms with Gasteiger partial charge in [0.2, 0.25) is 0 Å². The smallest absolute Gasteiger partial charge is 0.0698 e. The van der Waals surface area contributed by atoms with Gasteiger partial charge in [0.1, 0.15) is 0 Å². The van der Waals surface area contributed by atoms with Gasteiger partial charge in [-0.1, -0.05) is 11.1 Å². The van der Waals surface area contributed by atoms with Gasteiger partial charge in [0.25, 0.3) is 0 Å². The summed E-state index contributed by atoms with van der Waals surface area (Å²) in [5, 5.41) is 16.2. The first-order chi connectivity index (χ1) is 8.54. The summed E-state index contributed by atoms with van der Waals surface area (Å²) < 4.78 is 9.97. The van der Waals surface area contributed by atoms with E-state index in [4.69, 9.17) is 14.9 Å². The van der Waals surface area contributed by atoms with Crippen LogP contribution in [0.3, 0.4) is 0 Å². The molecule has 0 aromatic heterocycles. The Morgan fingerprint density at radius 2 is 1.11 bits per heavy atom. The van der Waals surface area contributed by atoms with Crippen LogP contribution in [-0.4, -0.2) is 49.9 Å². The second-order valence-electron chi connectivity index (χ2n) is 4.09. The third kappa shape index (κ3) is 24.5. The highest BCUT2D eigenvalue weighted by molar-refractivity contribution is 4.88. The van der Waals surface area contributed by atoms with E-state index < -0.39 is 0 Å². The van der Waals surface area contributed by atoms with Crippen LogP contribution >= 0.6 is 0 Å². The largest absolute Gasteiger partial charge is 0.394 e. The molecule has 0 rings (SSSR count). The lowest BCUT2D eigenvalue weighted by Gasteiger charge is -2.02. The van der Waals surface area contributed by atoms with Crippen molar-refractivity contribution in [2.24, 2.45) is 0 Å². The maximum Gasteiger partial charge on any atom is 0.0698 e. The molecule has 0 aromatic rings. The number of rotatable bonds is 10. The second kappa shape index (κ2) is 16.3. The lowest BCUT2D eigenvalue weighted by molar-refractivity contribution is 0.0650. The molecule has 0 saturated heterocycles. The summed E-state index contributed by atoms with van der Waals surface area (Å²) in [5.74, 6) is 0. The van der Waals surface area contributed by atoms with Crippen molar-refractivity contribution in [2.75, 3.05) is 39.6 Å². The van der Waals surface area contributed by atoms with Gasteiger partial charge in [-0.25, -0.2) is 0 Å². The summed E-state index contributed by atoms with van der Waals surface area (Å²) in [4.78, 5) is 0. The highest BCUT2D eigenvalue weighted by atomic mass is 16.5. The van der Waals surface area contributed by atoms with Crippen molar-refractivity contribution in [2.45, 2.75) is 26.7 Å². The SMILES string of the molecule is C=C(C)CCOCCC(=C)C.OCCOCCO. The molecule has 0 heterocycles. The molecule has 0 amide bonds. The van der Waals surface area contributed by atoms with Crippen molar-refractivity contribution in [1.82, 2.24) is 0 Å². The molecule has 4 heteroatoms. The van der Waals surface area contributed by atoms with Gasteiger partial charge in [-0.3, -0.25) is 0 Å². The Hall–Kier alpha value is -0.680. The van der Waals surface area contributed by atoms with Gasteiger partial charge in [0.05, 0.1) is 39.6 Å². The van der Waals surface area contributed by atoms with Crippen LogP contribution in [0.2, 0.25) is 0 Å². The lowest BCUT2D eigenvalue weighted by Crippen LogP contribution is -2.03. The third-order valence-corrected chi connectivity index (χ3v) is 1.82. The van der Waals surface area contributed by atoms with Crippen LogP contribution < -0.4 is 0 Å². The summed E-state index contributed by atoms with van der Waals surface area (Å²) in [6, 6.07) is 0. The molecule has 0 aliphatic heterocycles. The van der Waals surface area contributed by atoms with Gasteiger partial charge in [0, 0.05) is 0 Å². The maximum atomic E-state index is 8.09. The molecule has 0 spiro atoms. The highest BCUT2D eigenvalue weighted by Gasteiger charge is 1.89. The van der Waals surface area contributed by atoms with Crippen LogP contribution in [0.1, 0.15) is 26.7 Å². The van der Waals surface area contributed by atoms with E-state index in [0.29, 0.717) is 13.2 Å². The molecular formula is C14H28O4. The third-order valence-electron chi connectivity index (χ3n) is 1.82. The second-order valence-corrected chi connectivity index (χ2v) is 4.09. The number of hydrogen-bond acceptors (Lipinski definition) is 4. The molecule has 0 aromatic carbocycles. The first-order valence-electron chi connectivity index (χ1n) is 6.20. The van der Waals surface area contributed by atoms with Crippen molar-refractivity contribution >= 4 is 0 Å². The molecule has 0 radical (unpaired) electrons. The van der Waals surface area contributed by atoms with Gasteiger partial charge in [-0.05, 0) is 26.7 Å². The standard InChI is InChI=1S/C10H18O.C4H10O3/c1-9(2)5-7-11-8-6-10(3)4;5-1-3-7-4-2-6/h1,3,5-8H2,2,4H3;5-6H,1-4H2. The number of hydrogen-bond donors (Lipinski definition) is 2. The van der Waals surface area contributed by atoms with Crippen molar-refractivity contribution in [3.05, 3.63) is 24.3 Å². The zero-order valence-corrected chi connectivity index (χ0v) is 11.8. The van der Waals surface area contributed by atoms with E-state index in [1.807, 2.05) is 13.8 Å². The van der Waals surface area contributed by atoms with E-state index in [9.17, 15) is 0 Å². The first-order valence-corrected chi connectivity index (χ1v) is 6.20. The molecule has 0 unspecified atom stereocenters. The van der Waals surface area contributed by atoms with Crippen LogP contribution in [0.15, 0.2) is 24.3 Å². The summed E-state index contributed by atoms with van der Waals surface area (Å²) >= 11 is 0. The van der Waals surface area contributed by atoms with Gasteiger partial charge < -0.3 is 19.7 Å². The van der Waals surface area contributed by atoms with Crippen molar-refractivity contribution in [3.8, 4) is 0 Å². The zero-order valence-electron chi connectivity index (χ0n) is 11.8. The Morgan fingerprint density at radius 3 is 1.39 bits per heavy atom. The normalized spacial score (nSPS) is 9.56. The van der Waals surface area contributed by atoms with Crippen molar-refractivity contribution in [1.29, 1.82) is 0 Å². The zero-order chi connectivity index (χ0) is 14.2. The predicted octanol–water partition coefficient (Wildman–Crippen LogP) is 1.92. The number of ether oxygens (including phenoxy) is 2. The molecule has 18 heavy (non-hydrogen) atoms. The fourth-order valence-corrected chi connectivity index (χ4v) is 0.826. The Kier molecular flexibility index (Phi) is 17.8. The number of aliphatic hydroxyl groups excluding tert-OH is 2. The summed E-state index contributed by atoms with van der Waals surface area (Å²) in [6.45, 7) is 13.9. The van der Waals surface area contributed by atoms with E-state index in [0.717, 1.165) is 26.1 Å². The average molecular weight is 260 g/mol. The van der Waals surface area contributed by atoms with Crippen LogP contribution in [-0.2, 0) is 9.47 Å². The lowest BCUT2D eigenvalue weighted by atomic mass is 10.2. The van der Waals surface area contributed by atoms with Crippen LogP contribution in [0.25, 0.3) is 0 Å². The summed E-state index contributed by atoms with van der Waals surface area (Å²) in [5.41, 5.74) is 2.36. The van der Waals surface area contributed by atoms with Gasteiger partial charge >= 0.3 is 0 Å². The molecule has 0 aliphatic rings. The quantitative estimate of drug-likeness (QED) is 0.465. The molecule has 0 fully saturated rings. The van der Waals surface area contributed by atoms with Crippen LogP contribution in [0.5, 0.6) is 0 Å². The van der Waals surface area contributed by atoms with Crippen molar-refractivity contribution < 1.29 is 19.7 Å².